The summed E-state index contributed by atoms with van der Waals surface area (Å²) in [6, 6.07) is 0. The lowest BCUT2D eigenvalue weighted by Crippen LogP contribution is -2.50. The second-order valence-corrected chi connectivity index (χ2v) is 6.22. The summed E-state index contributed by atoms with van der Waals surface area (Å²) >= 11 is 6.20. The van der Waals surface area contributed by atoms with Crippen molar-refractivity contribution in [2.75, 3.05) is 12.4 Å². The highest BCUT2D eigenvalue weighted by atomic mass is 35.5. The average Bonchev–Trinajstić information content (AvgIpc) is 2.34. The van der Waals surface area contributed by atoms with E-state index in [0.717, 1.165) is 18.3 Å². The predicted octanol–water partition coefficient (Wildman–Crippen LogP) is 4.73. The lowest BCUT2D eigenvalue weighted by atomic mass is 9.77. The largest absolute Gasteiger partial charge is 0.310 e. The van der Waals surface area contributed by atoms with E-state index in [0.29, 0.717) is 0 Å². The molecule has 0 aromatic carbocycles. The Balaban J connectivity index is 2.17. The first-order valence-electron chi connectivity index (χ1n) is 7.53. The Morgan fingerprint density at radius 1 is 1.24 bits per heavy atom. The fourth-order valence-corrected chi connectivity index (χ4v) is 3.41. The molecule has 0 heterocycles. The van der Waals surface area contributed by atoms with Gasteiger partial charge in [-0.25, -0.2) is 0 Å². The van der Waals surface area contributed by atoms with E-state index in [1.165, 1.54) is 57.8 Å². The Labute approximate surface area is 113 Å². The Morgan fingerprint density at radius 2 is 2.00 bits per heavy atom. The lowest BCUT2D eigenvalue weighted by molar-refractivity contribution is 0.208. The molecule has 2 atom stereocenters. The second-order valence-electron chi connectivity index (χ2n) is 5.96. The van der Waals surface area contributed by atoms with E-state index >= 15 is 0 Å². The van der Waals surface area contributed by atoms with Crippen LogP contribution in [-0.4, -0.2) is 18.0 Å². The molecule has 2 unspecified atom stereocenters. The van der Waals surface area contributed by atoms with Crippen LogP contribution in [0.4, 0.5) is 0 Å². The maximum absolute atomic E-state index is 6.20. The van der Waals surface area contributed by atoms with Crippen molar-refractivity contribution in [3.63, 3.8) is 0 Å². The molecule has 0 aromatic heterocycles. The van der Waals surface area contributed by atoms with E-state index in [2.05, 4.69) is 19.2 Å². The first kappa shape index (κ1) is 15.3. The number of halogens is 1. The van der Waals surface area contributed by atoms with Gasteiger partial charge in [-0.3, -0.25) is 0 Å². The molecule has 1 aliphatic carbocycles. The minimum atomic E-state index is 0.254. The van der Waals surface area contributed by atoms with Crippen molar-refractivity contribution in [3.05, 3.63) is 0 Å². The van der Waals surface area contributed by atoms with Crippen molar-refractivity contribution in [1.82, 2.24) is 5.32 Å². The Morgan fingerprint density at radius 3 is 2.65 bits per heavy atom. The van der Waals surface area contributed by atoms with Gasteiger partial charge >= 0.3 is 0 Å². The van der Waals surface area contributed by atoms with Gasteiger partial charge in [0.2, 0.25) is 0 Å². The van der Waals surface area contributed by atoms with Crippen LogP contribution in [0.2, 0.25) is 0 Å². The molecule has 1 N–H and O–H groups in total. The van der Waals surface area contributed by atoms with Crippen molar-refractivity contribution in [2.24, 2.45) is 5.92 Å². The molecule has 17 heavy (non-hydrogen) atoms. The van der Waals surface area contributed by atoms with Gasteiger partial charge in [-0.05, 0) is 31.7 Å². The highest BCUT2D eigenvalue weighted by Crippen LogP contribution is 2.33. The summed E-state index contributed by atoms with van der Waals surface area (Å²) in [6.45, 7) is 5.79. The molecule has 0 radical (unpaired) electrons. The highest BCUT2D eigenvalue weighted by molar-refractivity contribution is 6.18. The molecule has 1 aliphatic rings. The summed E-state index contributed by atoms with van der Waals surface area (Å²) in [6.07, 6.45) is 12.1. The monoisotopic (exact) mass is 259 g/mol. The maximum Gasteiger partial charge on any atom is 0.0406 e. The molecule has 0 aromatic rings. The van der Waals surface area contributed by atoms with E-state index in [-0.39, 0.29) is 5.54 Å². The zero-order valence-corrected chi connectivity index (χ0v) is 12.5. The SMILES string of the molecule is CCCCCCCNC1(CCl)CCCC(C)C1. The fourth-order valence-electron chi connectivity index (χ4n) is 3.07. The van der Waals surface area contributed by atoms with Crippen molar-refractivity contribution < 1.29 is 0 Å². The highest BCUT2D eigenvalue weighted by Gasteiger charge is 2.33. The van der Waals surface area contributed by atoms with Gasteiger partial charge in [0.25, 0.3) is 0 Å². The number of hydrogen-bond donors (Lipinski definition) is 1. The molecule has 0 amide bonds. The first-order chi connectivity index (χ1) is 8.22. The van der Waals surface area contributed by atoms with Gasteiger partial charge in [-0.1, -0.05) is 52.4 Å². The van der Waals surface area contributed by atoms with Crippen molar-refractivity contribution in [1.29, 1.82) is 0 Å². The topological polar surface area (TPSA) is 12.0 Å². The van der Waals surface area contributed by atoms with E-state index in [1.807, 2.05) is 0 Å². The maximum atomic E-state index is 6.20. The van der Waals surface area contributed by atoms with Crippen LogP contribution in [0.15, 0.2) is 0 Å². The van der Waals surface area contributed by atoms with Crippen LogP contribution in [-0.2, 0) is 0 Å². The molecule has 1 fully saturated rings. The molecule has 0 spiro atoms. The summed E-state index contributed by atoms with van der Waals surface area (Å²) in [7, 11) is 0. The van der Waals surface area contributed by atoms with E-state index in [9.17, 15) is 0 Å². The van der Waals surface area contributed by atoms with Crippen LogP contribution >= 0.6 is 11.6 Å². The van der Waals surface area contributed by atoms with Crippen LogP contribution in [0.1, 0.15) is 71.6 Å². The third-order valence-electron chi connectivity index (χ3n) is 4.13. The smallest absolute Gasteiger partial charge is 0.0406 e. The minimum absolute atomic E-state index is 0.254. The van der Waals surface area contributed by atoms with Crippen molar-refractivity contribution in [3.8, 4) is 0 Å². The molecule has 0 saturated heterocycles. The standard InChI is InChI=1S/C15H30ClN/c1-3-4-5-6-7-11-17-15(13-16)10-8-9-14(2)12-15/h14,17H,3-13H2,1-2H3. The number of alkyl halides is 1. The fraction of sp³-hybridized carbons (Fsp3) is 1.00. The molecule has 2 heteroatoms. The summed E-state index contributed by atoms with van der Waals surface area (Å²) in [5.41, 5.74) is 0.254. The van der Waals surface area contributed by atoms with Gasteiger partial charge in [0.1, 0.15) is 0 Å². The molecule has 1 nitrogen and oxygen atoms in total. The molecular weight excluding hydrogens is 230 g/mol. The quantitative estimate of drug-likeness (QED) is 0.491. The summed E-state index contributed by atoms with van der Waals surface area (Å²) < 4.78 is 0. The van der Waals surface area contributed by atoms with Gasteiger partial charge in [-0.15, -0.1) is 11.6 Å². The van der Waals surface area contributed by atoms with Crippen LogP contribution < -0.4 is 5.32 Å². The number of rotatable bonds is 8. The summed E-state index contributed by atoms with van der Waals surface area (Å²) in [4.78, 5) is 0. The third kappa shape index (κ3) is 5.61. The first-order valence-corrected chi connectivity index (χ1v) is 8.07. The zero-order valence-electron chi connectivity index (χ0n) is 11.7. The molecule has 1 rings (SSSR count). The van der Waals surface area contributed by atoms with E-state index < -0.39 is 0 Å². The van der Waals surface area contributed by atoms with Crippen LogP contribution in [0.5, 0.6) is 0 Å². The number of nitrogens with one attached hydrogen (secondary N) is 1. The third-order valence-corrected chi connectivity index (χ3v) is 4.64. The molecular formula is C15H30ClN. The normalized spacial score (nSPS) is 29.5. The van der Waals surface area contributed by atoms with Crippen molar-refractivity contribution in [2.45, 2.75) is 77.2 Å². The lowest BCUT2D eigenvalue weighted by Gasteiger charge is -2.39. The Kier molecular flexibility index (Phi) is 7.54. The summed E-state index contributed by atoms with van der Waals surface area (Å²) in [5, 5.41) is 3.76. The van der Waals surface area contributed by atoms with Gasteiger partial charge < -0.3 is 5.32 Å². The second kappa shape index (κ2) is 8.37. The molecule has 102 valence electrons. The van der Waals surface area contributed by atoms with Crippen LogP contribution in [0.3, 0.4) is 0 Å². The average molecular weight is 260 g/mol. The van der Waals surface area contributed by atoms with Gasteiger partial charge in [-0.2, -0.15) is 0 Å². The van der Waals surface area contributed by atoms with Gasteiger partial charge in [0.05, 0.1) is 0 Å². The Bertz CT molecular complexity index is 195. The molecule has 0 aliphatic heterocycles. The van der Waals surface area contributed by atoms with Crippen LogP contribution in [0.25, 0.3) is 0 Å². The van der Waals surface area contributed by atoms with Crippen LogP contribution in [0, 0.1) is 5.92 Å². The van der Waals surface area contributed by atoms with Gasteiger partial charge in [0, 0.05) is 11.4 Å². The number of hydrogen-bond acceptors (Lipinski definition) is 1. The molecule has 1 saturated carbocycles. The van der Waals surface area contributed by atoms with E-state index in [1.54, 1.807) is 0 Å². The predicted molar refractivity (Wildman–Crippen MR) is 77.8 cm³/mol. The molecule has 0 bridgehead atoms. The zero-order chi connectivity index (χ0) is 12.6. The van der Waals surface area contributed by atoms with E-state index in [4.69, 9.17) is 11.6 Å². The number of unbranched alkanes of at least 4 members (excludes halogenated alkanes) is 4. The van der Waals surface area contributed by atoms with Gasteiger partial charge in [0.15, 0.2) is 0 Å². The summed E-state index contributed by atoms with van der Waals surface area (Å²) in [5.74, 6) is 1.63. The minimum Gasteiger partial charge on any atom is -0.310 e. The Hall–Kier alpha value is 0.250. The van der Waals surface area contributed by atoms with Crippen molar-refractivity contribution >= 4 is 11.6 Å².